The van der Waals surface area contributed by atoms with Gasteiger partial charge in [0.05, 0.1) is 11.4 Å². The number of para-hydroxylation sites is 1. The summed E-state index contributed by atoms with van der Waals surface area (Å²) in [5.74, 6) is 1.67. The lowest BCUT2D eigenvalue weighted by atomic mass is 10.0. The quantitative estimate of drug-likeness (QED) is 0.365. The molecule has 8 heteroatoms. The second kappa shape index (κ2) is 9.93. The first-order valence-corrected chi connectivity index (χ1v) is 13.0. The molecule has 0 spiro atoms. The number of aryl methyl sites for hydroxylation is 1. The fraction of sp³-hybridized carbons (Fsp3) is 0.464. The van der Waals surface area contributed by atoms with Crippen molar-refractivity contribution in [1.82, 2.24) is 29.2 Å². The number of amides is 1. The van der Waals surface area contributed by atoms with Crippen molar-refractivity contribution in [3.05, 3.63) is 59.2 Å². The van der Waals surface area contributed by atoms with Crippen LogP contribution in [0.2, 0.25) is 0 Å². The molecule has 1 aliphatic rings. The van der Waals surface area contributed by atoms with E-state index in [0.29, 0.717) is 11.8 Å². The molecule has 0 saturated heterocycles. The van der Waals surface area contributed by atoms with Gasteiger partial charge < -0.3 is 14.9 Å². The zero-order valence-electron chi connectivity index (χ0n) is 21.8. The number of aromatic nitrogens is 5. The summed E-state index contributed by atoms with van der Waals surface area (Å²) in [6.07, 6.45) is 4.17. The number of carbonyl (C=O) groups excluding carboxylic acids is 1. The van der Waals surface area contributed by atoms with Gasteiger partial charge in [0.15, 0.2) is 5.82 Å². The molecule has 0 bridgehead atoms. The number of benzene rings is 1. The fourth-order valence-electron chi connectivity index (χ4n) is 5.18. The van der Waals surface area contributed by atoms with Crippen LogP contribution < -0.4 is 5.73 Å². The third-order valence-corrected chi connectivity index (χ3v) is 7.17. The number of rotatable bonds is 9. The number of H-pyrrole nitrogens is 1. The highest BCUT2D eigenvalue weighted by atomic mass is 16.1. The van der Waals surface area contributed by atoms with E-state index >= 15 is 0 Å². The number of hydrogen-bond donors (Lipinski definition) is 2. The second-order valence-corrected chi connectivity index (χ2v) is 10.8. The lowest BCUT2D eigenvalue weighted by molar-refractivity contribution is -0.118. The first-order valence-electron chi connectivity index (χ1n) is 13.0. The summed E-state index contributed by atoms with van der Waals surface area (Å²) < 4.78 is 4.35. The molecule has 1 amide bonds. The van der Waals surface area contributed by atoms with Crippen molar-refractivity contribution < 1.29 is 4.79 Å². The normalized spacial score (nSPS) is 14.3. The van der Waals surface area contributed by atoms with Crippen LogP contribution in [0.1, 0.15) is 62.7 Å². The van der Waals surface area contributed by atoms with Crippen molar-refractivity contribution in [3.8, 4) is 11.5 Å². The standard InChI is InChI=1S/C28H37N7O/c1-18(2)9-10-22-26-16-33(11-12-35(26)28(30-22)24-13-23(19(3)4)31-32-24)14-20-15-34(17-27(29)36)25-8-6-5-7-21(20)25/h5-8,13,15,18-19H,9-12,14,16-17H2,1-4H3,(H2,29,36)(H,31,32). The maximum atomic E-state index is 11.6. The van der Waals surface area contributed by atoms with E-state index in [9.17, 15) is 4.79 Å². The van der Waals surface area contributed by atoms with Crippen molar-refractivity contribution in [2.75, 3.05) is 6.54 Å². The molecule has 1 aromatic carbocycles. The average molecular weight is 488 g/mol. The van der Waals surface area contributed by atoms with Crippen molar-refractivity contribution in [1.29, 1.82) is 0 Å². The number of nitrogens with one attached hydrogen (secondary N) is 1. The van der Waals surface area contributed by atoms with Crippen LogP contribution >= 0.6 is 0 Å². The number of primary amides is 1. The minimum atomic E-state index is -0.328. The molecular weight excluding hydrogens is 450 g/mol. The van der Waals surface area contributed by atoms with Gasteiger partial charge in [0.1, 0.15) is 12.2 Å². The molecule has 8 nitrogen and oxygen atoms in total. The molecule has 3 aromatic heterocycles. The monoisotopic (exact) mass is 487 g/mol. The smallest absolute Gasteiger partial charge is 0.237 e. The summed E-state index contributed by atoms with van der Waals surface area (Å²) in [5, 5.41) is 8.98. The maximum Gasteiger partial charge on any atom is 0.237 e. The first-order chi connectivity index (χ1) is 17.3. The van der Waals surface area contributed by atoms with E-state index in [1.54, 1.807) is 0 Å². The fourth-order valence-corrected chi connectivity index (χ4v) is 5.18. The summed E-state index contributed by atoms with van der Waals surface area (Å²) in [5.41, 5.74) is 12.3. The molecule has 36 heavy (non-hydrogen) atoms. The second-order valence-electron chi connectivity index (χ2n) is 10.8. The number of fused-ring (bicyclic) bond motifs is 2. The van der Waals surface area contributed by atoms with Gasteiger partial charge in [-0.15, -0.1) is 0 Å². The summed E-state index contributed by atoms with van der Waals surface area (Å²) in [6, 6.07) is 10.4. The van der Waals surface area contributed by atoms with Crippen LogP contribution in [0, 0.1) is 5.92 Å². The third-order valence-electron chi connectivity index (χ3n) is 7.17. The van der Waals surface area contributed by atoms with Gasteiger partial charge in [-0.25, -0.2) is 4.98 Å². The first kappa shape index (κ1) is 24.3. The molecule has 0 saturated carbocycles. The van der Waals surface area contributed by atoms with E-state index in [1.165, 1.54) is 22.3 Å². The van der Waals surface area contributed by atoms with Crippen LogP contribution in [0.3, 0.4) is 0 Å². The Hall–Kier alpha value is -3.39. The molecule has 5 rings (SSSR count). The van der Waals surface area contributed by atoms with Crippen LogP contribution in [-0.2, 0) is 37.4 Å². The van der Waals surface area contributed by atoms with E-state index in [4.69, 9.17) is 10.7 Å². The Kier molecular flexibility index (Phi) is 6.71. The van der Waals surface area contributed by atoms with Crippen molar-refractivity contribution in [3.63, 3.8) is 0 Å². The van der Waals surface area contributed by atoms with Crippen LogP contribution in [0.25, 0.3) is 22.4 Å². The van der Waals surface area contributed by atoms with E-state index in [2.05, 4.69) is 77.8 Å². The molecule has 4 heterocycles. The van der Waals surface area contributed by atoms with Gasteiger partial charge in [0, 0.05) is 49.0 Å². The Bertz CT molecular complexity index is 1370. The predicted molar refractivity (Wildman–Crippen MR) is 142 cm³/mol. The number of imidazole rings is 1. The lowest BCUT2D eigenvalue weighted by Crippen LogP contribution is -2.33. The minimum absolute atomic E-state index is 0.192. The highest BCUT2D eigenvalue weighted by molar-refractivity contribution is 5.85. The van der Waals surface area contributed by atoms with E-state index in [1.807, 2.05) is 10.6 Å². The number of nitrogens with zero attached hydrogens (tertiary/aromatic N) is 5. The number of carbonyl (C=O) groups is 1. The molecule has 0 aliphatic carbocycles. The molecule has 0 unspecified atom stereocenters. The van der Waals surface area contributed by atoms with Crippen molar-refractivity contribution in [2.45, 2.75) is 72.6 Å². The molecule has 0 fully saturated rings. The van der Waals surface area contributed by atoms with Crippen LogP contribution in [0.15, 0.2) is 36.5 Å². The van der Waals surface area contributed by atoms with Gasteiger partial charge in [-0.1, -0.05) is 45.9 Å². The van der Waals surface area contributed by atoms with Gasteiger partial charge in [0.2, 0.25) is 5.91 Å². The van der Waals surface area contributed by atoms with Crippen molar-refractivity contribution >= 4 is 16.8 Å². The molecule has 3 N–H and O–H groups in total. The topological polar surface area (TPSA) is 97.8 Å². The lowest BCUT2D eigenvalue weighted by Gasteiger charge is -2.29. The Morgan fingerprint density at radius 2 is 1.97 bits per heavy atom. The summed E-state index contributed by atoms with van der Waals surface area (Å²) in [6.45, 7) is 12.5. The zero-order chi connectivity index (χ0) is 25.4. The van der Waals surface area contributed by atoms with Gasteiger partial charge >= 0.3 is 0 Å². The van der Waals surface area contributed by atoms with E-state index in [0.717, 1.165) is 61.7 Å². The molecule has 0 atom stereocenters. The van der Waals surface area contributed by atoms with Crippen LogP contribution in [0.4, 0.5) is 0 Å². The van der Waals surface area contributed by atoms with Gasteiger partial charge in [0.25, 0.3) is 0 Å². The molecule has 4 aromatic rings. The Morgan fingerprint density at radius 3 is 2.69 bits per heavy atom. The third kappa shape index (κ3) is 4.82. The Labute approximate surface area is 212 Å². The Morgan fingerprint density at radius 1 is 1.17 bits per heavy atom. The summed E-state index contributed by atoms with van der Waals surface area (Å²) in [4.78, 5) is 19.2. The number of nitrogens with two attached hydrogens (primary N) is 1. The zero-order valence-corrected chi connectivity index (χ0v) is 21.8. The Balaban J connectivity index is 1.45. The van der Waals surface area contributed by atoms with Crippen molar-refractivity contribution in [2.24, 2.45) is 11.7 Å². The minimum Gasteiger partial charge on any atom is -0.368 e. The van der Waals surface area contributed by atoms with Gasteiger partial charge in [-0.2, -0.15) is 5.10 Å². The number of hydrogen-bond acceptors (Lipinski definition) is 4. The summed E-state index contributed by atoms with van der Waals surface area (Å²) >= 11 is 0. The molecular formula is C28H37N7O. The SMILES string of the molecule is CC(C)CCc1nc(-c2cc(C(C)C)[nH]n2)n2c1CN(Cc1cn(CC(N)=O)c3ccccc13)CC2. The van der Waals surface area contributed by atoms with Gasteiger partial charge in [-0.05, 0) is 42.4 Å². The summed E-state index contributed by atoms with van der Waals surface area (Å²) in [7, 11) is 0. The average Bonchev–Trinajstić information content (AvgIpc) is 3.54. The predicted octanol–water partition coefficient (Wildman–Crippen LogP) is 4.44. The highest BCUT2D eigenvalue weighted by Gasteiger charge is 2.26. The van der Waals surface area contributed by atoms with Crippen LogP contribution in [-0.4, -0.2) is 41.7 Å². The molecule has 1 aliphatic heterocycles. The molecule has 190 valence electrons. The van der Waals surface area contributed by atoms with E-state index < -0.39 is 0 Å². The number of aromatic amines is 1. The van der Waals surface area contributed by atoms with Crippen LogP contribution in [0.5, 0.6) is 0 Å². The largest absolute Gasteiger partial charge is 0.368 e. The maximum absolute atomic E-state index is 11.6. The van der Waals surface area contributed by atoms with Gasteiger partial charge in [-0.3, -0.25) is 14.8 Å². The van der Waals surface area contributed by atoms with E-state index in [-0.39, 0.29) is 12.5 Å². The highest BCUT2D eigenvalue weighted by Crippen LogP contribution is 2.30. The molecule has 0 radical (unpaired) electrons.